The van der Waals surface area contributed by atoms with Gasteiger partial charge in [-0.25, -0.2) is 9.18 Å². The van der Waals surface area contributed by atoms with E-state index in [1.165, 1.54) is 12.1 Å². The van der Waals surface area contributed by atoms with Crippen LogP contribution in [0.3, 0.4) is 0 Å². The largest absolute Gasteiger partial charge is 0.465 e. The van der Waals surface area contributed by atoms with E-state index in [0.29, 0.717) is 18.5 Å². The number of hydrogen-bond acceptors (Lipinski definition) is 3. The number of carbonyl (C=O) groups excluding carboxylic acids is 1. The van der Waals surface area contributed by atoms with Crippen LogP contribution < -0.4 is 10.6 Å². The zero-order valence-corrected chi connectivity index (χ0v) is 18.0. The van der Waals surface area contributed by atoms with Gasteiger partial charge in [-0.15, -0.1) is 0 Å². The second-order valence-electron chi connectivity index (χ2n) is 8.86. The normalized spacial score (nSPS) is 23.5. The summed E-state index contributed by atoms with van der Waals surface area (Å²) in [5, 5.41) is 15.1. The molecule has 2 amide bonds. The number of halogens is 1. The zero-order valence-electron chi connectivity index (χ0n) is 18.0. The summed E-state index contributed by atoms with van der Waals surface area (Å²) >= 11 is 0. The van der Waals surface area contributed by atoms with Gasteiger partial charge < -0.3 is 15.7 Å². The van der Waals surface area contributed by atoms with E-state index in [9.17, 15) is 19.1 Å². The van der Waals surface area contributed by atoms with Gasteiger partial charge >= 0.3 is 6.09 Å². The van der Waals surface area contributed by atoms with Crippen molar-refractivity contribution in [2.24, 2.45) is 0 Å². The molecule has 3 N–H and O–H groups in total. The molecule has 4 atom stereocenters. The van der Waals surface area contributed by atoms with Gasteiger partial charge in [-0.2, -0.15) is 0 Å². The third kappa shape index (κ3) is 5.65. The van der Waals surface area contributed by atoms with E-state index >= 15 is 0 Å². The van der Waals surface area contributed by atoms with Crippen LogP contribution in [0.5, 0.6) is 0 Å². The van der Waals surface area contributed by atoms with E-state index < -0.39 is 6.09 Å². The number of nitrogens with one attached hydrogen (secondary N) is 2. The molecule has 0 unspecified atom stereocenters. The Hall–Kier alpha value is -2.93. The summed E-state index contributed by atoms with van der Waals surface area (Å²) in [6.07, 6.45) is 4.00. The van der Waals surface area contributed by atoms with E-state index in [1.807, 2.05) is 30.3 Å². The van der Waals surface area contributed by atoms with Crippen molar-refractivity contribution in [3.8, 4) is 0 Å². The molecule has 2 heterocycles. The maximum atomic E-state index is 13.1. The Balaban J connectivity index is 1.30. The van der Waals surface area contributed by atoms with Gasteiger partial charge in [-0.05, 0) is 55.4 Å². The molecule has 0 aromatic heterocycles. The Bertz CT molecular complexity index is 908. The van der Waals surface area contributed by atoms with Crippen LogP contribution in [-0.2, 0) is 11.2 Å². The number of benzene rings is 2. The van der Waals surface area contributed by atoms with Crippen molar-refractivity contribution in [2.45, 2.75) is 62.7 Å². The molecule has 7 heteroatoms. The summed E-state index contributed by atoms with van der Waals surface area (Å²) < 4.78 is 13.1. The fourth-order valence-corrected chi connectivity index (χ4v) is 5.26. The Labute approximate surface area is 187 Å². The topological polar surface area (TPSA) is 81.7 Å². The molecule has 2 aliphatic heterocycles. The number of amides is 2. The van der Waals surface area contributed by atoms with Crippen molar-refractivity contribution in [3.05, 3.63) is 71.5 Å². The van der Waals surface area contributed by atoms with Gasteiger partial charge in [-0.1, -0.05) is 42.5 Å². The van der Waals surface area contributed by atoms with Crippen LogP contribution in [0.25, 0.3) is 0 Å². The summed E-state index contributed by atoms with van der Waals surface area (Å²) in [6, 6.07) is 16.5. The van der Waals surface area contributed by atoms with Crippen molar-refractivity contribution >= 4 is 12.0 Å². The predicted octanol–water partition coefficient (Wildman–Crippen LogP) is 3.88. The number of carbonyl (C=O) groups is 2. The average molecular weight is 440 g/mol. The molecule has 2 bridgehead atoms. The molecule has 32 heavy (non-hydrogen) atoms. The molecule has 2 aromatic rings. The lowest BCUT2D eigenvalue weighted by molar-refractivity contribution is -0.121. The molecule has 2 fully saturated rings. The molecule has 2 aromatic carbocycles. The fraction of sp³-hybridized carbons (Fsp3) is 0.440. The molecule has 0 saturated carbocycles. The van der Waals surface area contributed by atoms with Gasteiger partial charge in [-0.3, -0.25) is 9.69 Å². The highest BCUT2D eigenvalue weighted by atomic mass is 19.1. The Morgan fingerprint density at radius 2 is 1.69 bits per heavy atom. The lowest BCUT2D eigenvalue weighted by Crippen LogP contribution is -2.51. The minimum atomic E-state index is -1.01. The van der Waals surface area contributed by atoms with Crippen LogP contribution in [0, 0.1) is 5.82 Å². The first-order chi connectivity index (χ1) is 15.5. The number of rotatable bonds is 8. The minimum absolute atomic E-state index is 0.0238. The monoisotopic (exact) mass is 439 g/mol. The molecule has 6 nitrogen and oxygen atoms in total. The molecule has 4 rings (SSSR count). The van der Waals surface area contributed by atoms with E-state index in [-0.39, 0.29) is 30.2 Å². The average Bonchev–Trinajstić information content (AvgIpc) is 3.01. The third-order valence-corrected chi connectivity index (χ3v) is 6.70. The highest BCUT2D eigenvalue weighted by Gasteiger charge is 2.41. The molecule has 0 aliphatic carbocycles. The van der Waals surface area contributed by atoms with Gasteiger partial charge in [0, 0.05) is 24.7 Å². The molecule has 0 radical (unpaired) electrons. The maximum absolute atomic E-state index is 13.1. The van der Waals surface area contributed by atoms with Crippen molar-refractivity contribution < 1.29 is 19.1 Å². The summed E-state index contributed by atoms with van der Waals surface area (Å²) in [6.45, 7) is 0.825. The van der Waals surface area contributed by atoms with Gasteiger partial charge in [0.15, 0.2) is 0 Å². The first-order valence-electron chi connectivity index (χ1n) is 11.3. The second kappa shape index (κ2) is 10.1. The predicted molar refractivity (Wildman–Crippen MR) is 120 cm³/mol. The van der Waals surface area contributed by atoms with E-state index in [1.54, 1.807) is 12.1 Å². The number of fused-ring (bicyclic) bond motifs is 2. The number of carboxylic acid groups (broad SMARTS) is 1. The number of nitrogens with zero attached hydrogens (tertiary/aromatic N) is 1. The summed E-state index contributed by atoms with van der Waals surface area (Å²) in [5.74, 6) is -0.324. The van der Waals surface area contributed by atoms with Gasteiger partial charge in [0.1, 0.15) is 5.82 Å². The van der Waals surface area contributed by atoms with Crippen LogP contribution in [0.2, 0.25) is 0 Å². The molecule has 170 valence electrons. The Kier molecular flexibility index (Phi) is 7.05. The maximum Gasteiger partial charge on any atom is 0.405 e. The zero-order chi connectivity index (χ0) is 22.5. The third-order valence-electron chi connectivity index (χ3n) is 6.70. The van der Waals surface area contributed by atoms with Crippen molar-refractivity contribution in [1.82, 2.24) is 15.5 Å². The van der Waals surface area contributed by atoms with Crippen molar-refractivity contribution in [3.63, 3.8) is 0 Å². The Morgan fingerprint density at radius 3 is 2.31 bits per heavy atom. The summed E-state index contributed by atoms with van der Waals surface area (Å²) in [7, 11) is 0. The molecule has 2 aliphatic rings. The standard InChI is InChI=1S/C25H30FN3O3/c26-19-8-6-17(7-9-19)14-24(30)27-20-15-21-10-11-22(16-20)29(21)13-12-23(28-25(31)32)18-4-2-1-3-5-18/h1-9,20-23,28H,10-16H2,(H,27,30)(H,31,32)/t20-,21+,22-,23-/m0/s1. The number of hydrogen-bond donors (Lipinski definition) is 3. The Morgan fingerprint density at radius 1 is 1.03 bits per heavy atom. The molecular formula is C25H30FN3O3. The molecule has 2 saturated heterocycles. The highest BCUT2D eigenvalue weighted by Crippen LogP contribution is 2.36. The highest BCUT2D eigenvalue weighted by molar-refractivity contribution is 5.78. The van der Waals surface area contributed by atoms with Crippen LogP contribution in [-0.4, -0.2) is 46.7 Å². The van der Waals surface area contributed by atoms with Crippen LogP contribution in [0.1, 0.15) is 49.3 Å². The first-order valence-corrected chi connectivity index (χ1v) is 11.3. The van der Waals surface area contributed by atoms with Crippen LogP contribution >= 0.6 is 0 Å². The SMILES string of the molecule is O=C(O)N[C@@H](CCN1[C@@H]2CC[C@H]1C[C@@H](NC(=O)Cc1ccc(F)cc1)C2)c1ccccc1. The molecular weight excluding hydrogens is 409 g/mol. The van der Waals surface area contributed by atoms with E-state index in [4.69, 9.17) is 0 Å². The molecule has 0 spiro atoms. The fourth-order valence-electron chi connectivity index (χ4n) is 5.26. The van der Waals surface area contributed by atoms with Gasteiger partial charge in [0.25, 0.3) is 0 Å². The van der Waals surface area contributed by atoms with Crippen LogP contribution in [0.15, 0.2) is 54.6 Å². The second-order valence-corrected chi connectivity index (χ2v) is 8.86. The first kappa shape index (κ1) is 22.3. The van der Waals surface area contributed by atoms with Crippen molar-refractivity contribution in [1.29, 1.82) is 0 Å². The smallest absolute Gasteiger partial charge is 0.405 e. The van der Waals surface area contributed by atoms with Crippen LogP contribution in [0.4, 0.5) is 9.18 Å². The minimum Gasteiger partial charge on any atom is -0.465 e. The van der Waals surface area contributed by atoms with Gasteiger partial charge in [0.2, 0.25) is 5.91 Å². The van der Waals surface area contributed by atoms with E-state index in [0.717, 1.165) is 43.4 Å². The van der Waals surface area contributed by atoms with Gasteiger partial charge in [0.05, 0.1) is 12.5 Å². The number of piperidine rings is 1. The van der Waals surface area contributed by atoms with E-state index in [2.05, 4.69) is 15.5 Å². The summed E-state index contributed by atoms with van der Waals surface area (Å²) in [4.78, 5) is 26.3. The lowest BCUT2D eigenvalue weighted by Gasteiger charge is -2.39. The summed E-state index contributed by atoms with van der Waals surface area (Å²) in [5.41, 5.74) is 1.78. The lowest BCUT2D eigenvalue weighted by atomic mass is 9.95. The van der Waals surface area contributed by atoms with Crippen molar-refractivity contribution in [2.75, 3.05) is 6.54 Å². The quantitative estimate of drug-likeness (QED) is 0.583.